The van der Waals surface area contributed by atoms with E-state index in [0.29, 0.717) is 6.04 Å². The highest BCUT2D eigenvalue weighted by atomic mass is 32.2. The number of hydrogen-bond donors (Lipinski definition) is 2. The van der Waals surface area contributed by atoms with E-state index < -0.39 is 0 Å². The van der Waals surface area contributed by atoms with Gasteiger partial charge < -0.3 is 10.6 Å². The fourth-order valence-electron chi connectivity index (χ4n) is 2.49. The summed E-state index contributed by atoms with van der Waals surface area (Å²) in [5, 5.41) is 7.10. The molecule has 21 heavy (non-hydrogen) atoms. The molecule has 118 valence electrons. The van der Waals surface area contributed by atoms with Gasteiger partial charge in [0.1, 0.15) is 17.5 Å². The lowest BCUT2D eigenvalue weighted by atomic mass is 10.1. The molecule has 1 aliphatic rings. The Balaban J connectivity index is 2.17. The Morgan fingerprint density at radius 1 is 1.10 bits per heavy atom. The first kappa shape index (κ1) is 16.4. The van der Waals surface area contributed by atoms with Crippen molar-refractivity contribution in [1.29, 1.82) is 0 Å². The van der Waals surface area contributed by atoms with Crippen molar-refractivity contribution >= 4 is 23.4 Å². The smallest absolute Gasteiger partial charge is 0.134 e. The summed E-state index contributed by atoms with van der Waals surface area (Å²) >= 11 is 2.05. The van der Waals surface area contributed by atoms with Gasteiger partial charge in [0.2, 0.25) is 0 Å². The van der Waals surface area contributed by atoms with Crippen LogP contribution in [0.1, 0.15) is 50.9 Å². The summed E-state index contributed by atoms with van der Waals surface area (Å²) in [6.07, 6.45) is 5.59. The molecule has 0 amide bonds. The van der Waals surface area contributed by atoms with Crippen molar-refractivity contribution in [1.82, 2.24) is 9.97 Å². The van der Waals surface area contributed by atoms with Gasteiger partial charge in [-0.3, -0.25) is 0 Å². The Labute approximate surface area is 132 Å². The summed E-state index contributed by atoms with van der Waals surface area (Å²) in [5.41, 5.74) is 1.15. The van der Waals surface area contributed by atoms with E-state index in [-0.39, 0.29) is 0 Å². The van der Waals surface area contributed by atoms with Gasteiger partial charge in [0.05, 0.1) is 0 Å². The maximum atomic E-state index is 4.76. The maximum Gasteiger partial charge on any atom is 0.134 e. The van der Waals surface area contributed by atoms with Crippen LogP contribution in [-0.4, -0.2) is 34.1 Å². The molecule has 5 heteroatoms. The summed E-state index contributed by atoms with van der Waals surface area (Å²) in [5.74, 6) is 5.50. The zero-order valence-electron chi connectivity index (χ0n) is 13.5. The molecule has 0 aromatic carbocycles. The molecule has 0 aliphatic carbocycles. The van der Waals surface area contributed by atoms with E-state index in [1.54, 1.807) is 0 Å². The van der Waals surface area contributed by atoms with Crippen molar-refractivity contribution in [3.63, 3.8) is 0 Å². The molecule has 1 saturated heterocycles. The van der Waals surface area contributed by atoms with Crippen LogP contribution in [0.25, 0.3) is 0 Å². The molecule has 0 radical (unpaired) electrons. The van der Waals surface area contributed by atoms with Gasteiger partial charge in [-0.15, -0.1) is 0 Å². The van der Waals surface area contributed by atoms with Crippen LogP contribution in [0.15, 0.2) is 0 Å². The number of anilines is 2. The van der Waals surface area contributed by atoms with E-state index >= 15 is 0 Å². The highest BCUT2D eigenvalue weighted by Gasteiger charge is 2.17. The van der Waals surface area contributed by atoms with E-state index in [1.807, 2.05) is 0 Å². The fraction of sp³-hybridized carbons (Fsp3) is 0.750. The quantitative estimate of drug-likeness (QED) is 0.801. The SMILES string of the molecule is CCCNc1nc(CCC)nc(NC2CCSCC2)c1C. The van der Waals surface area contributed by atoms with Crippen LogP contribution in [0.4, 0.5) is 11.6 Å². The minimum atomic E-state index is 0.563. The lowest BCUT2D eigenvalue weighted by Gasteiger charge is -2.24. The predicted molar refractivity (Wildman–Crippen MR) is 93.5 cm³/mol. The number of aromatic nitrogens is 2. The number of nitrogens with zero attached hydrogens (tertiary/aromatic N) is 2. The van der Waals surface area contributed by atoms with E-state index in [9.17, 15) is 0 Å². The van der Waals surface area contributed by atoms with Gasteiger partial charge in [-0.1, -0.05) is 13.8 Å². The second-order valence-corrected chi connectivity index (χ2v) is 6.89. The van der Waals surface area contributed by atoms with Crippen LogP contribution in [-0.2, 0) is 6.42 Å². The lowest BCUT2D eigenvalue weighted by Crippen LogP contribution is -2.26. The predicted octanol–water partition coefficient (Wildman–Crippen LogP) is 3.87. The van der Waals surface area contributed by atoms with Crippen LogP contribution >= 0.6 is 11.8 Å². The Bertz CT molecular complexity index is 444. The molecule has 1 aromatic heterocycles. The minimum Gasteiger partial charge on any atom is -0.370 e. The van der Waals surface area contributed by atoms with E-state index in [2.05, 4.69) is 48.2 Å². The second-order valence-electron chi connectivity index (χ2n) is 5.67. The first-order chi connectivity index (χ1) is 10.2. The standard InChI is InChI=1S/C16H28N4S/c1-4-6-14-19-15(17-9-5-2)12(3)16(20-14)18-13-7-10-21-11-8-13/h13H,4-11H2,1-3H3,(H2,17,18,19,20). The monoisotopic (exact) mass is 308 g/mol. The van der Waals surface area contributed by atoms with Crippen molar-refractivity contribution in [2.45, 2.75) is 58.9 Å². The van der Waals surface area contributed by atoms with Crippen molar-refractivity contribution in [3.05, 3.63) is 11.4 Å². The number of aryl methyl sites for hydroxylation is 1. The van der Waals surface area contributed by atoms with E-state index in [4.69, 9.17) is 4.98 Å². The molecular formula is C16H28N4S. The van der Waals surface area contributed by atoms with Crippen molar-refractivity contribution < 1.29 is 0 Å². The average Bonchev–Trinajstić information content (AvgIpc) is 2.50. The normalized spacial score (nSPS) is 16.0. The molecule has 2 rings (SSSR count). The van der Waals surface area contributed by atoms with Gasteiger partial charge >= 0.3 is 0 Å². The first-order valence-corrected chi connectivity index (χ1v) is 9.35. The zero-order valence-corrected chi connectivity index (χ0v) is 14.4. The number of thioether (sulfide) groups is 1. The summed E-state index contributed by atoms with van der Waals surface area (Å²) in [6, 6.07) is 0.563. The van der Waals surface area contributed by atoms with Gasteiger partial charge in [-0.05, 0) is 44.1 Å². The first-order valence-electron chi connectivity index (χ1n) is 8.20. The van der Waals surface area contributed by atoms with Crippen LogP contribution in [0, 0.1) is 6.92 Å². The molecular weight excluding hydrogens is 280 g/mol. The summed E-state index contributed by atoms with van der Waals surface area (Å²) < 4.78 is 0. The Hall–Kier alpha value is -0.970. The van der Waals surface area contributed by atoms with Crippen molar-refractivity contribution in [3.8, 4) is 0 Å². The van der Waals surface area contributed by atoms with Crippen molar-refractivity contribution in [2.75, 3.05) is 28.7 Å². The third kappa shape index (κ3) is 4.77. The lowest BCUT2D eigenvalue weighted by molar-refractivity contribution is 0.661. The topological polar surface area (TPSA) is 49.8 Å². The number of nitrogens with one attached hydrogen (secondary N) is 2. The Morgan fingerprint density at radius 2 is 1.81 bits per heavy atom. The van der Waals surface area contributed by atoms with Gasteiger partial charge in [0.25, 0.3) is 0 Å². The van der Waals surface area contributed by atoms with Gasteiger partial charge in [-0.2, -0.15) is 11.8 Å². The average molecular weight is 308 g/mol. The Morgan fingerprint density at radius 3 is 2.48 bits per heavy atom. The molecule has 0 atom stereocenters. The van der Waals surface area contributed by atoms with E-state index in [1.165, 1.54) is 24.3 Å². The molecule has 1 aromatic rings. The van der Waals surface area contributed by atoms with Crippen LogP contribution < -0.4 is 10.6 Å². The number of rotatable bonds is 7. The van der Waals surface area contributed by atoms with Gasteiger partial charge in [-0.25, -0.2) is 9.97 Å². The molecule has 0 spiro atoms. The van der Waals surface area contributed by atoms with E-state index in [0.717, 1.165) is 48.8 Å². The third-order valence-electron chi connectivity index (χ3n) is 3.77. The summed E-state index contributed by atoms with van der Waals surface area (Å²) in [4.78, 5) is 9.44. The Kier molecular flexibility index (Phi) is 6.61. The maximum absolute atomic E-state index is 4.76. The highest BCUT2D eigenvalue weighted by molar-refractivity contribution is 7.99. The molecule has 0 saturated carbocycles. The molecule has 0 unspecified atom stereocenters. The summed E-state index contributed by atoms with van der Waals surface area (Å²) in [7, 11) is 0. The molecule has 2 heterocycles. The van der Waals surface area contributed by atoms with Crippen LogP contribution in [0.3, 0.4) is 0 Å². The second kappa shape index (κ2) is 8.47. The highest BCUT2D eigenvalue weighted by Crippen LogP contribution is 2.25. The summed E-state index contributed by atoms with van der Waals surface area (Å²) in [6.45, 7) is 7.43. The minimum absolute atomic E-state index is 0.563. The number of hydrogen-bond acceptors (Lipinski definition) is 5. The molecule has 1 aliphatic heterocycles. The van der Waals surface area contributed by atoms with Crippen molar-refractivity contribution in [2.24, 2.45) is 0 Å². The fourth-order valence-corrected chi connectivity index (χ4v) is 3.60. The molecule has 0 bridgehead atoms. The largest absolute Gasteiger partial charge is 0.370 e. The van der Waals surface area contributed by atoms with Crippen LogP contribution in [0.5, 0.6) is 0 Å². The third-order valence-corrected chi connectivity index (χ3v) is 4.82. The molecule has 4 nitrogen and oxygen atoms in total. The van der Waals surface area contributed by atoms with Crippen LogP contribution in [0.2, 0.25) is 0 Å². The molecule has 2 N–H and O–H groups in total. The van der Waals surface area contributed by atoms with Gasteiger partial charge in [0.15, 0.2) is 0 Å². The molecule has 1 fully saturated rings. The zero-order chi connectivity index (χ0) is 15.1. The van der Waals surface area contributed by atoms with Gasteiger partial charge in [0, 0.05) is 24.6 Å².